The second-order valence-corrected chi connectivity index (χ2v) is 6.15. The van der Waals surface area contributed by atoms with Gasteiger partial charge in [0.1, 0.15) is 5.69 Å². The molecule has 0 radical (unpaired) electrons. The van der Waals surface area contributed by atoms with E-state index in [9.17, 15) is 14.4 Å². The quantitative estimate of drug-likeness (QED) is 0.554. The number of Topliss-reactive ketones (excluding diaryl/α,β-unsaturated/α-hetero) is 1. The number of anilines is 1. The Balaban J connectivity index is 2.08. The lowest BCUT2D eigenvalue weighted by Gasteiger charge is -2.21. The number of amides is 1. The van der Waals surface area contributed by atoms with E-state index in [0.29, 0.717) is 11.3 Å². The van der Waals surface area contributed by atoms with Gasteiger partial charge in [0.15, 0.2) is 12.4 Å². The molecule has 7 heteroatoms. The molecule has 2 aromatic rings. The highest BCUT2D eigenvalue weighted by atomic mass is 16.5. The molecule has 27 heavy (non-hydrogen) atoms. The van der Waals surface area contributed by atoms with Crippen molar-refractivity contribution in [3.8, 4) is 6.07 Å². The highest BCUT2D eigenvalue weighted by Crippen LogP contribution is 2.16. The summed E-state index contributed by atoms with van der Waals surface area (Å²) in [7, 11) is 1.62. The van der Waals surface area contributed by atoms with E-state index in [1.807, 2.05) is 25.1 Å². The van der Waals surface area contributed by atoms with E-state index in [0.717, 1.165) is 5.56 Å². The summed E-state index contributed by atoms with van der Waals surface area (Å²) in [6.07, 6.45) is 1.69. The molecule has 0 aliphatic heterocycles. The second kappa shape index (κ2) is 8.81. The van der Waals surface area contributed by atoms with Crippen molar-refractivity contribution < 1.29 is 19.1 Å². The Morgan fingerprint density at radius 3 is 2.44 bits per heavy atom. The Labute approximate surface area is 157 Å². The Hall–Kier alpha value is -3.40. The molecule has 1 aromatic heterocycles. The van der Waals surface area contributed by atoms with Crippen LogP contribution in [-0.2, 0) is 16.6 Å². The van der Waals surface area contributed by atoms with E-state index in [2.05, 4.69) is 0 Å². The van der Waals surface area contributed by atoms with Crippen molar-refractivity contribution >= 4 is 23.3 Å². The lowest BCUT2D eigenvalue weighted by atomic mass is 10.2. The van der Waals surface area contributed by atoms with Gasteiger partial charge in [-0.1, -0.05) is 17.7 Å². The number of carbonyl (C=O) groups is 3. The van der Waals surface area contributed by atoms with Crippen LogP contribution in [-0.4, -0.2) is 35.4 Å². The van der Waals surface area contributed by atoms with E-state index in [-0.39, 0.29) is 24.4 Å². The van der Waals surface area contributed by atoms with Crippen molar-refractivity contribution in [1.82, 2.24) is 4.57 Å². The minimum atomic E-state index is -0.692. The SMILES string of the molecule is CC(=O)c1cc(C(=O)OCC(=O)N(CCC#N)c2ccc(C)cc2)n(C)c1. The van der Waals surface area contributed by atoms with Gasteiger partial charge in [0.25, 0.3) is 5.91 Å². The lowest BCUT2D eigenvalue weighted by molar-refractivity contribution is -0.121. The normalized spacial score (nSPS) is 10.1. The summed E-state index contributed by atoms with van der Waals surface area (Å²) in [4.78, 5) is 37.6. The first kappa shape index (κ1) is 19.9. The number of carbonyl (C=O) groups excluding carboxylic acids is 3. The number of aryl methyl sites for hydroxylation is 2. The Bertz CT molecular complexity index is 891. The molecule has 0 bridgehead atoms. The largest absolute Gasteiger partial charge is 0.451 e. The molecular weight excluding hydrogens is 346 g/mol. The van der Waals surface area contributed by atoms with Crippen molar-refractivity contribution in [3.63, 3.8) is 0 Å². The Kier molecular flexibility index (Phi) is 6.50. The molecule has 0 spiro atoms. The standard InChI is InChI=1S/C20H21N3O4/c1-14-5-7-17(8-6-14)23(10-4-9-21)19(25)13-27-20(26)18-11-16(15(2)24)12-22(18)3/h5-8,11-12H,4,10,13H2,1-3H3. The molecule has 1 aromatic carbocycles. The molecule has 0 unspecified atom stereocenters. The highest BCUT2D eigenvalue weighted by molar-refractivity contribution is 5.99. The molecule has 2 rings (SSSR count). The number of ether oxygens (including phenoxy) is 1. The van der Waals surface area contributed by atoms with E-state index in [4.69, 9.17) is 10.00 Å². The number of ketones is 1. The van der Waals surface area contributed by atoms with Crippen LogP contribution in [0.3, 0.4) is 0 Å². The molecule has 1 heterocycles. The number of benzene rings is 1. The molecule has 140 valence electrons. The zero-order valence-electron chi connectivity index (χ0n) is 15.6. The van der Waals surface area contributed by atoms with Gasteiger partial charge < -0.3 is 14.2 Å². The molecule has 0 saturated heterocycles. The van der Waals surface area contributed by atoms with Gasteiger partial charge >= 0.3 is 5.97 Å². The summed E-state index contributed by atoms with van der Waals surface area (Å²) >= 11 is 0. The van der Waals surface area contributed by atoms with E-state index < -0.39 is 18.5 Å². The maximum Gasteiger partial charge on any atom is 0.355 e. The number of hydrogen-bond acceptors (Lipinski definition) is 5. The zero-order chi connectivity index (χ0) is 20.0. The average molecular weight is 367 g/mol. The van der Waals surface area contributed by atoms with Gasteiger partial charge in [-0.3, -0.25) is 9.59 Å². The van der Waals surface area contributed by atoms with Crippen molar-refractivity contribution in [3.05, 3.63) is 53.3 Å². The van der Waals surface area contributed by atoms with Crippen molar-refractivity contribution in [2.45, 2.75) is 20.3 Å². The van der Waals surface area contributed by atoms with Gasteiger partial charge in [0.05, 0.1) is 12.5 Å². The monoisotopic (exact) mass is 367 g/mol. The summed E-state index contributed by atoms with van der Waals surface area (Å²) in [6, 6.07) is 10.7. The molecule has 7 nitrogen and oxygen atoms in total. The smallest absolute Gasteiger partial charge is 0.355 e. The molecule has 0 N–H and O–H groups in total. The minimum Gasteiger partial charge on any atom is -0.451 e. The molecule has 0 fully saturated rings. The average Bonchev–Trinajstić information content (AvgIpc) is 3.03. The number of aromatic nitrogens is 1. The summed E-state index contributed by atoms with van der Waals surface area (Å²) in [6.45, 7) is 3.08. The fourth-order valence-corrected chi connectivity index (χ4v) is 2.52. The third-order valence-corrected chi connectivity index (χ3v) is 4.04. The van der Waals surface area contributed by atoms with Crippen LogP contribution in [0.5, 0.6) is 0 Å². The summed E-state index contributed by atoms with van der Waals surface area (Å²) in [5.74, 6) is -1.28. The van der Waals surface area contributed by atoms with Gasteiger partial charge in [-0.2, -0.15) is 5.26 Å². The number of esters is 1. The third-order valence-electron chi connectivity index (χ3n) is 4.04. The van der Waals surface area contributed by atoms with Crippen molar-refractivity contribution in [2.24, 2.45) is 7.05 Å². The molecule has 0 aliphatic carbocycles. The van der Waals surface area contributed by atoms with Crippen molar-refractivity contribution in [1.29, 1.82) is 5.26 Å². The molecule has 0 saturated carbocycles. The zero-order valence-corrected chi connectivity index (χ0v) is 15.6. The molecule has 1 amide bonds. The van der Waals surface area contributed by atoms with Crippen LogP contribution in [0.25, 0.3) is 0 Å². The molecule has 0 atom stereocenters. The van der Waals surface area contributed by atoms with E-state index in [1.165, 1.54) is 28.7 Å². The van der Waals surface area contributed by atoms with Crippen LogP contribution in [0.15, 0.2) is 36.5 Å². The first-order valence-electron chi connectivity index (χ1n) is 8.42. The molecule has 0 aliphatic rings. The Morgan fingerprint density at radius 1 is 1.22 bits per heavy atom. The predicted molar refractivity (Wildman–Crippen MR) is 99.5 cm³/mol. The summed E-state index contributed by atoms with van der Waals surface area (Å²) in [5.41, 5.74) is 2.26. The number of nitriles is 1. The maximum atomic E-state index is 12.5. The van der Waals surface area contributed by atoms with Gasteiger partial charge in [0, 0.05) is 31.0 Å². The first-order valence-corrected chi connectivity index (χ1v) is 8.42. The fourth-order valence-electron chi connectivity index (χ4n) is 2.52. The summed E-state index contributed by atoms with van der Waals surface area (Å²) < 4.78 is 6.61. The van der Waals surface area contributed by atoms with Crippen LogP contribution in [0.1, 0.15) is 39.8 Å². The predicted octanol–water partition coefficient (Wildman–Crippen LogP) is 2.64. The topological polar surface area (TPSA) is 92.4 Å². The second-order valence-electron chi connectivity index (χ2n) is 6.15. The highest BCUT2D eigenvalue weighted by Gasteiger charge is 2.20. The fraction of sp³-hybridized carbons (Fsp3) is 0.300. The Morgan fingerprint density at radius 2 is 1.89 bits per heavy atom. The van der Waals surface area contributed by atoms with Gasteiger partial charge in [-0.05, 0) is 32.0 Å². The van der Waals surface area contributed by atoms with Crippen LogP contribution in [0.2, 0.25) is 0 Å². The number of rotatable bonds is 7. The van der Waals surface area contributed by atoms with Gasteiger partial charge in [-0.15, -0.1) is 0 Å². The van der Waals surface area contributed by atoms with E-state index >= 15 is 0 Å². The van der Waals surface area contributed by atoms with Crippen molar-refractivity contribution in [2.75, 3.05) is 18.1 Å². The minimum absolute atomic E-state index is 0.160. The van der Waals surface area contributed by atoms with Gasteiger partial charge in [0.2, 0.25) is 0 Å². The first-order chi connectivity index (χ1) is 12.8. The number of nitrogens with zero attached hydrogens (tertiary/aromatic N) is 3. The van der Waals surface area contributed by atoms with Crippen LogP contribution in [0.4, 0.5) is 5.69 Å². The third kappa shape index (κ3) is 5.05. The lowest BCUT2D eigenvalue weighted by Crippen LogP contribution is -2.35. The maximum absolute atomic E-state index is 12.5. The van der Waals surface area contributed by atoms with Crippen LogP contribution < -0.4 is 4.90 Å². The molecular formula is C20H21N3O4. The van der Waals surface area contributed by atoms with Crippen LogP contribution >= 0.6 is 0 Å². The number of hydrogen-bond donors (Lipinski definition) is 0. The van der Waals surface area contributed by atoms with Gasteiger partial charge in [-0.25, -0.2) is 4.79 Å². The van der Waals surface area contributed by atoms with Crippen LogP contribution in [0, 0.1) is 18.3 Å². The summed E-state index contributed by atoms with van der Waals surface area (Å²) in [5, 5.41) is 8.83. The van der Waals surface area contributed by atoms with E-state index in [1.54, 1.807) is 19.2 Å².